The van der Waals surface area contributed by atoms with Gasteiger partial charge in [-0.1, -0.05) is 24.0 Å². The highest BCUT2D eigenvalue weighted by Gasteiger charge is 2.30. The molecule has 0 aliphatic rings. The smallest absolute Gasteiger partial charge is 0.384 e. The minimum absolute atomic E-state index is 0.0197. The fourth-order valence-electron chi connectivity index (χ4n) is 1.19. The minimum Gasteiger partial charge on any atom is -0.384 e. The molecular weight excluding hydrogens is 283 g/mol. The standard InChI is InChI=1S/C11H10F3NO3S/c12-11(13,14)8-15-19(17,18)10-6-2-1-4-9(10)5-3-7-16/h1-2,4,6,15-16H,7-8H2. The molecule has 0 bridgehead atoms. The van der Waals surface area contributed by atoms with Crippen LogP contribution in [0.2, 0.25) is 0 Å². The minimum atomic E-state index is -4.64. The highest BCUT2D eigenvalue weighted by Crippen LogP contribution is 2.17. The van der Waals surface area contributed by atoms with Crippen molar-refractivity contribution in [2.24, 2.45) is 0 Å². The Hall–Kier alpha value is -1.56. The zero-order valence-corrected chi connectivity index (χ0v) is 10.3. The van der Waals surface area contributed by atoms with Crippen molar-refractivity contribution in [3.8, 4) is 11.8 Å². The highest BCUT2D eigenvalue weighted by molar-refractivity contribution is 7.89. The number of aliphatic hydroxyl groups excluding tert-OH is 1. The maximum absolute atomic E-state index is 12.0. The largest absolute Gasteiger partial charge is 0.402 e. The molecule has 0 amide bonds. The lowest BCUT2D eigenvalue weighted by Gasteiger charge is -2.10. The normalized spacial score (nSPS) is 11.8. The molecule has 4 nitrogen and oxygen atoms in total. The lowest BCUT2D eigenvalue weighted by atomic mass is 10.2. The molecule has 19 heavy (non-hydrogen) atoms. The van der Waals surface area contributed by atoms with Crippen LogP contribution in [-0.4, -0.2) is 32.9 Å². The molecule has 0 aliphatic heterocycles. The van der Waals surface area contributed by atoms with E-state index in [1.54, 1.807) is 0 Å². The molecule has 0 radical (unpaired) electrons. The lowest BCUT2D eigenvalue weighted by molar-refractivity contribution is -0.121. The average molecular weight is 293 g/mol. The second-order valence-electron chi connectivity index (χ2n) is 3.40. The van der Waals surface area contributed by atoms with E-state index in [9.17, 15) is 21.6 Å². The van der Waals surface area contributed by atoms with E-state index >= 15 is 0 Å². The maximum Gasteiger partial charge on any atom is 0.402 e. The van der Waals surface area contributed by atoms with Crippen molar-refractivity contribution >= 4 is 10.0 Å². The first-order valence-electron chi connectivity index (χ1n) is 5.01. The summed E-state index contributed by atoms with van der Waals surface area (Å²) in [5, 5.41) is 8.54. The highest BCUT2D eigenvalue weighted by atomic mass is 32.2. The summed E-state index contributed by atoms with van der Waals surface area (Å²) in [6.45, 7) is -2.14. The summed E-state index contributed by atoms with van der Waals surface area (Å²) in [5.74, 6) is 4.61. The third-order valence-electron chi connectivity index (χ3n) is 1.94. The van der Waals surface area contributed by atoms with E-state index in [1.807, 2.05) is 0 Å². The van der Waals surface area contributed by atoms with Crippen molar-refractivity contribution in [1.82, 2.24) is 4.72 Å². The van der Waals surface area contributed by atoms with Crippen LogP contribution in [0.1, 0.15) is 5.56 Å². The van der Waals surface area contributed by atoms with Gasteiger partial charge < -0.3 is 5.11 Å². The number of rotatable bonds is 3. The number of hydrogen-bond donors (Lipinski definition) is 2. The van der Waals surface area contributed by atoms with Gasteiger partial charge in [-0.05, 0) is 12.1 Å². The fraction of sp³-hybridized carbons (Fsp3) is 0.273. The van der Waals surface area contributed by atoms with Crippen LogP contribution < -0.4 is 4.72 Å². The number of sulfonamides is 1. The Labute approximate surface area is 108 Å². The first-order chi connectivity index (χ1) is 8.76. The Kier molecular flexibility index (Phi) is 4.94. The van der Waals surface area contributed by atoms with Gasteiger partial charge in [-0.2, -0.15) is 13.2 Å². The number of aliphatic hydroxyl groups is 1. The summed E-state index contributed by atoms with van der Waals surface area (Å²) in [6.07, 6.45) is -4.64. The van der Waals surface area contributed by atoms with Crippen LogP contribution in [-0.2, 0) is 10.0 Å². The molecule has 1 aromatic rings. The monoisotopic (exact) mass is 293 g/mol. The third-order valence-corrected chi connectivity index (χ3v) is 3.40. The second-order valence-corrected chi connectivity index (χ2v) is 5.13. The Balaban J connectivity index is 3.08. The number of alkyl halides is 3. The zero-order chi connectivity index (χ0) is 14.5. The maximum atomic E-state index is 12.0. The van der Waals surface area contributed by atoms with Crippen LogP contribution in [0.3, 0.4) is 0 Å². The lowest BCUT2D eigenvalue weighted by Crippen LogP contribution is -2.34. The van der Waals surface area contributed by atoms with Crippen LogP contribution in [0.15, 0.2) is 29.2 Å². The van der Waals surface area contributed by atoms with Crippen LogP contribution in [0, 0.1) is 11.8 Å². The Bertz CT molecular complexity index is 600. The molecule has 0 aliphatic carbocycles. The molecule has 0 atom stereocenters. The molecular formula is C11H10F3NO3S. The number of hydrogen-bond acceptors (Lipinski definition) is 3. The summed E-state index contributed by atoms with van der Waals surface area (Å²) in [7, 11) is -4.31. The molecule has 1 rings (SSSR count). The molecule has 0 spiro atoms. The quantitative estimate of drug-likeness (QED) is 0.813. The van der Waals surface area contributed by atoms with Crippen LogP contribution in [0.4, 0.5) is 13.2 Å². The van der Waals surface area contributed by atoms with E-state index in [4.69, 9.17) is 5.11 Å². The van der Waals surface area contributed by atoms with Crippen LogP contribution in [0.25, 0.3) is 0 Å². The molecule has 104 valence electrons. The number of nitrogens with one attached hydrogen (secondary N) is 1. The predicted octanol–water partition coefficient (Wildman–Crippen LogP) is 0.871. The third kappa shape index (κ3) is 4.90. The molecule has 0 saturated carbocycles. The summed E-state index contributed by atoms with van der Waals surface area (Å²) in [5.41, 5.74) is 0.0197. The van der Waals surface area contributed by atoms with Gasteiger partial charge in [0.2, 0.25) is 10.0 Å². The molecule has 2 N–H and O–H groups in total. The summed E-state index contributed by atoms with van der Waals surface area (Å²) in [6, 6.07) is 5.33. The number of benzene rings is 1. The summed E-state index contributed by atoms with van der Waals surface area (Å²) < 4.78 is 60.9. The first-order valence-corrected chi connectivity index (χ1v) is 6.50. The molecule has 0 heterocycles. The second kappa shape index (κ2) is 6.06. The van der Waals surface area contributed by atoms with Gasteiger partial charge in [-0.15, -0.1) is 0 Å². The Morgan fingerprint density at radius 2 is 1.89 bits per heavy atom. The van der Waals surface area contributed by atoms with Crippen LogP contribution in [0.5, 0.6) is 0 Å². The topological polar surface area (TPSA) is 66.4 Å². The van der Waals surface area contributed by atoms with E-state index in [-0.39, 0.29) is 10.5 Å². The van der Waals surface area contributed by atoms with E-state index in [2.05, 4.69) is 11.8 Å². The fourth-order valence-corrected chi connectivity index (χ4v) is 2.37. The van der Waals surface area contributed by atoms with Gasteiger partial charge in [0, 0.05) is 5.56 Å². The molecule has 0 unspecified atom stereocenters. The van der Waals surface area contributed by atoms with Gasteiger partial charge in [0.05, 0.1) is 4.90 Å². The Morgan fingerprint density at radius 1 is 1.26 bits per heavy atom. The van der Waals surface area contributed by atoms with Gasteiger partial charge in [0.15, 0.2) is 0 Å². The summed E-state index contributed by atoms with van der Waals surface area (Å²) in [4.78, 5) is -0.361. The van der Waals surface area contributed by atoms with Gasteiger partial charge in [-0.3, -0.25) is 0 Å². The van der Waals surface area contributed by atoms with E-state index in [0.29, 0.717) is 0 Å². The van der Waals surface area contributed by atoms with Gasteiger partial charge in [0.1, 0.15) is 13.2 Å². The predicted molar refractivity (Wildman–Crippen MR) is 61.6 cm³/mol. The van der Waals surface area contributed by atoms with Gasteiger partial charge >= 0.3 is 6.18 Å². The van der Waals surface area contributed by atoms with Crippen molar-refractivity contribution in [3.05, 3.63) is 29.8 Å². The molecule has 0 saturated heterocycles. The molecule has 8 heteroatoms. The van der Waals surface area contributed by atoms with Crippen LogP contribution >= 0.6 is 0 Å². The summed E-state index contributed by atoms with van der Waals surface area (Å²) >= 11 is 0. The average Bonchev–Trinajstić information content (AvgIpc) is 2.34. The van der Waals surface area contributed by atoms with Gasteiger partial charge in [0.25, 0.3) is 0 Å². The molecule has 0 fully saturated rings. The SMILES string of the molecule is O=S(=O)(NCC(F)(F)F)c1ccccc1C#CCO. The first kappa shape index (κ1) is 15.5. The zero-order valence-electron chi connectivity index (χ0n) is 9.53. The van der Waals surface area contributed by atoms with Crippen molar-refractivity contribution < 1.29 is 26.7 Å². The number of halogens is 3. The van der Waals surface area contributed by atoms with E-state index < -0.39 is 29.4 Å². The van der Waals surface area contributed by atoms with E-state index in [1.165, 1.54) is 22.9 Å². The van der Waals surface area contributed by atoms with Gasteiger partial charge in [-0.25, -0.2) is 13.1 Å². The molecule has 1 aromatic carbocycles. The Morgan fingerprint density at radius 3 is 2.47 bits per heavy atom. The van der Waals surface area contributed by atoms with Crippen molar-refractivity contribution in [3.63, 3.8) is 0 Å². The van der Waals surface area contributed by atoms with E-state index in [0.717, 1.165) is 6.07 Å². The van der Waals surface area contributed by atoms with Crippen molar-refractivity contribution in [2.45, 2.75) is 11.1 Å². The van der Waals surface area contributed by atoms with Crippen molar-refractivity contribution in [1.29, 1.82) is 0 Å². The van der Waals surface area contributed by atoms with Crippen molar-refractivity contribution in [2.75, 3.05) is 13.2 Å². The molecule has 0 aromatic heterocycles.